The molecule has 2 aromatic rings. The van der Waals surface area contributed by atoms with E-state index >= 15 is 0 Å². The summed E-state index contributed by atoms with van der Waals surface area (Å²) in [5, 5.41) is 0. The lowest BCUT2D eigenvalue weighted by Crippen LogP contribution is -2.07. The molecule has 0 spiro atoms. The van der Waals surface area contributed by atoms with Crippen molar-refractivity contribution in [1.82, 2.24) is 9.55 Å². The van der Waals surface area contributed by atoms with E-state index in [0.29, 0.717) is 21.8 Å². The molecule has 0 aliphatic rings. The van der Waals surface area contributed by atoms with Crippen molar-refractivity contribution in [2.24, 2.45) is 5.92 Å². The zero-order chi connectivity index (χ0) is 14.0. The molecule has 0 radical (unpaired) electrons. The number of fused-ring (bicyclic) bond motifs is 1. The molecule has 0 N–H and O–H groups in total. The fraction of sp³-hybridized carbons (Fsp3) is 0.500. The van der Waals surface area contributed by atoms with Gasteiger partial charge in [0.1, 0.15) is 11.6 Å². The van der Waals surface area contributed by atoms with Gasteiger partial charge in [0.05, 0.1) is 14.6 Å². The van der Waals surface area contributed by atoms with Crippen LogP contribution < -0.4 is 0 Å². The highest BCUT2D eigenvalue weighted by atomic mass is 127. The van der Waals surface area contributed by atoms with Crippen LogP contribution in [0.25, 0.3) is 11.0 Å². The minimum absolute atomic E-state index is 0.184. The summed E-state index contributed by atoms with van der Waals surface area (Å²) in [4.78, 5) is 4.59. The Kier molecular flexibility index (Phi) is 5.06. The van der Waals surface area contributed by atoms with Gasteiger partial charge in [0.15, 0.2) is 0 Å². The second-order valence-electron chi connectivity index (χ2n) is 5.06. The van der Waals surface area contributed by atoms with Crippen LogP contribution in [0.4, 0.5) is 4.39 Å². The molecule has 0 saturated heterocycles. The highest BCUT2D eigenvalue weighted by molar-refractivity contribution is 14.1. The molecule has 1 heterocycles. The number of nitrogens with zero attached hydrogens (tertiary/aromatic N) is 2. The van der Waals surface area contributed by atoms with E-state index in [1.807, 2.05) is 22.6 Å². The Morgan fingerprint density at radius 1 is 1.42 bits per heavy atom. The van der Waals surface area contributed by atoms with E-state index < -0.39 is 0 Å². The molecule has 0 aliphatic heterocycles. The van der Waals surface area contributed by atoms with Crippen LogP contribution in [0.2, 0.25) is 0 Å². The third kappa shape index (κ3) is 3.40. The highest BCUT2D eigenvalue weighted by Gasteiger charge is 2.13. The number of halogens is 3. The molecule has 1 aromatic heterocycles. The number of rotatable bonds is 5. The van der Waals surface area contributed by atoms with Crippen molar-refractivity contribution >= 4 is 45.2 Å². The van der Waals surface area contributed by atoms with Crippen LogP contribution in [0, 0.1) is 15.3 Å². The number of aromatic nitrogens is 2. The summed E-state index contributed by atoms with van der Waals surface area (Å²) in [6.45, 7) is 5.23. The van der Waals surface area contributed by atoms with Crippen molar-refractivity contribution in [2.45, 2.75) is 33.2 Å². The predicted octanol–water partition coefficient (Wildman–Crippen LogP) is 4.61. The Morgan fingerprint density at radius 2 is 2.16 bits per heavy atom. The molecular weight excluding hydrogens is 378 g/mol. The normalized spacial score (nSPS) is 11.7. The molecule has 0 fully saturated rings. The second-order valence-corrected chi connectivity index (χ2v) is 6.60. The van der Waals surface area contributed by atoms with Crippen LogP contribution in [0.15, 0.2) is 12.1 Å². The molecule has 0 bridgehead atoms. The number of hydrogen-bond acceptors (Lipinski definition) is 1. The summed E-state index contributed by atoms with van der Waals surface area (Å²) in [6, 6.07) is 3.39. The molecule has 0 aliphatic carbocycles. The monoisotopic (exact) mass is 394 g/mol. The molecule has 0 saturated carbocycles. The maximum absolute atomic E-state index is 13.7. The third-order valence-electron chi connectivity index (χ3n) is 3.12. The second kappa shape index (κ2) is 6.39. The minimum atomic E-state index is -0.184. The summed E-state index contributed by atoms with van der Waals surface area (Å²) in [5.41, 5.74) is 1.73. The number of benzene rings is 1. The first kappa shape index (κ1) is 15.0. The van der Waals surface area contributed by atoms with E-state index in [0.717, 1.165) is 29.8 Å². The van der Waals surface area contributed by atoms with Gasteiger partial charge in [0.2, 0.25) is 0 Å². The number of hydrogen-bond donors (Lipinski definition) is 0. The fourth-order valence-electron chi connectivity index (χ4n) is 2.08. The van der Waals surface area contributed by atoms with Gasteiger partial charge in [-0.1, -0.05) is 13.8 Å². The van der Waals surface area contributed by atoms with Gasteiger partial charge in [-0.05, 0) is 41.0 Å². The van der Waals surface area contributed by atoms with E-state index in [4.69, 9.17) is 11.6 Å². The van der Waals surface area contributed by atoms with Gasteiger partial charge in [0.25, 0.3) is 0 Å². The van der Waals surface area contributed by atoms with Crippen LogP contribution in [0.1, 0.15) is 26.1 Å². The van der Waals surface area contributed by atoms with Crippen LogP contribution in [-0.2, 0) is 13.0 Å². The van der Waals surface area contributed by atoms with E-state index in [1.165, 1.54) is 0 Å². The Morgan fingerprint density at radius 3 is 2.79 bits per heavy atom. The summed E-state index contributed by atoms with van der Waals surface area (Å²) >= 11 is 7.83. The maximum atomic E-state index is 13.7. The van der Waals surface area contributed by atoms with Crippen molar-refractivity contribution in [1.29, 1.82) is 0 Å². The summed E-state index contributed by atoms with van der Waals surface area (Å²) in [6.07, 6.45) is 1.76. The number of imidazole rings is 1. The van der Waals surface area contributed by atoms with E-state index in [1.54, 1.807) is 12.1 Å². The molecule has 0 amide bonds. The smallest absolute Gasteiger partial charge is 0.138 e. The van der Waals surface area contributed by atoms with Gasteiger partial charge in [-0.15, -0.1) is 11.6 Å². The van der Waals surface area contributed by atoms with Gasteiger partial charge in [0, 0.05) is 24.9 Å². The first-order valence-electron chi connectivity index (χ1n) is 6.43. The topological polar surface area (TPSA) is 17.8 Å². The third-order valence-corrected chi connectivity index (χ3v) is 4.13. The summed E-state index contributed by atoms with van der Waals surface area (Å²) in [5.74, 6) is 1.91. The van der Waals surface area contributed by atoms with Crippen LogP contribution in [0.3, 0.4) is 0 Å². The maximum Gasteiger partial charge on any atom is 0.138 e. The molecule has 19 heavy (non-hydrogen) atoms. The molecule has 0 unspecified atom stereocenters. The predicted molar refractivity (Wildman–Crippen MR) is 86.3 cm³/mol. The average molecular weight is 395 g/mol. The molecule has 0 atom stereocenters. The van der Waals surface area contributed by atoms with E-state index in [9.17, 15) is 4.39 Å². The van der Waals surface area contributed by atoms with Crippen molar-refractivity contribution < 1.29 is 4.39 Å². The molecule has 2 rings (SSSR count). The van der Waals surface area contributed by atoms with E-state index in [2.05, 4.69) is 23.4 Å². The lowest BCUT2D eigenvalue weighted by atomic mass is 10.1. The van der Waals surface area contributed by atoms with Crippen LogP contribution >= 0.6 is 34.2 Å². The van der Waals surface area contributed by atoms with Crippen molar-refractivity contribution in [2.75, 3.05) is 5.88 Å². The number of alkyl halides is 1. The van der Waals surface area contributed by atoms with Crippen LogP contribution in [-0.4, -0.2) is 15.4 Å². The van der Waals surface area contributed by atoms with Gasteiger partial charge in [-0.3, -0.25) is 0 Å². The zero-order valence-corrected chi connectivity index (χ0v) is 14.0. The Hall–Kier alpha value is -0.360. The first-order chi connectivity index (χ1) is 9.02. The highest BCUT2D eigenvalue weighted by Crippen LogP contribution is 2.23. The van der Waals surface area contributed by atoms with Crippen molar-refractivity contribution in [3.8, 4) is 0 Å². The van der Waals surface area contributed by atoms with Gasteiger partial charge in [-0.25, -0.2) is 9.37 Å². The Labute approximate surface area is 131 Å². The SMILES string of the molecule is CC(C)CCn1c(CCCl)nc2cc(I)c(F)cc21. The average Bonchev–Trinajstić information content (AvgIpc) is 2.65. The lowest BCUT2D eigenvalue weighted by molar-refractivity contribution is 0.513. The standard InChI is InChI=1S/C14H17ClFIN2/c1-9(2)4-6-19-13-7-10(16)11(17)8-12(13)18-14(19)3-5-15/h7-9H,3-6H2,1-2H3. The fourth-order valence-corrected chi connectivity index (χ4v) is 2.70. The van der Waals surface area contributed by atoms with Crippen molar-refractivity contribution in [3.63, 3.8) is 0 Å². The molecular formula is C14H17ClFIN2. The van der Waals surface area contributed by atoms with Gasteiger partial charge >= 0.3 is 0 Å². The largest absolute Gasteiger partial charge is 0.328 e. The molecule has 2 nitrogen and oxygen atoms in total. The van der Waals surface area contributed by atoms with Crippen molar-refractivity contribution in [3.05, 3.63) is 27.3 Å². The van der Waals surface area contributed by atoms with Gasteiger partial charge < -0.3 is 4.57 Å². The zero-order valence-electron chi connectivity index (χ0n) is 11.1. The minimum Gasteiger partial charge on any atom is -0.328 e. The quantitative estimate of drug-likeness (QED) is 0.535. The van der Waals surface area contributed by atoms with Crippen LogP contribution in [0.5, 0.6) is 0 Å². The molecule has 104 valence electrons. The Balaban J connectivity index is 2.48. The Bertz CT molecular complexity index is 580. The summed E-state index contributed by atoms with van der Waals surface area (Å²) in [7, 11) is 0. The first-order valence-corrected chi connectivity index (χ1v) is 8.04. The van der Waals surface area contributed by atoms with Gasteiger partial charge in [-0.2, -0.15) is 0 Å². The lowest BCUT2D eigenvalue weighted by Gasteiger charge is -2.10. The molecule has 1 aromatic carbocycles. The summed E-state index contributed by atoms with van der Waals surface area (Å²) < 4.78 is 16.5. The number of aryl methyl sites for hydroxylation is 2. The van der Waals surface area contributed by atoms with E-state index in [-0.39, 0.29) is 5.82 Å². The molecule has 5 heteroatoms.